The number of carbonyl (C=O) groups excluding carboxylic acids is 6. The van der Waals surface area contributed by atoms with E-state index >= 15 is 0 Å². The van der Waals surface area contributed by atoms with Crippen LogP contribution in [0, 0.1) is 0 Å². The first-order valence-electron chi connectivity index (χ1n) is 20.3. The lowest BCUT2D eigenvalue weighted by atomic mass is 9.90. The number of para-hydroxylation sites is 1. The molecule has 306 valence electrons. The number of imide groups is 2. The van der Waals surface area contributed by atoms with Crippen molar-refractivity contribution in [3.8, 4) is 0 Å². The molecule has 5 aromatic rings. The number of nitrogens with zero attached hydrogens (tertiary/aromatic N) is 4. The number of carbonyl (C=O) groups is 6. The number of fused-ring (bicyclic) bond motifs is 2. The predicted octanol–water partition coefficient (Wildman–Crippen LogP) is 6.00. The Morgan fingerprint density at radius 1 is 0.833 bits per heavy atom. The molecule has 3 aliphatic rings. The molecule has 2 fully saturated rings. The molecule has 4 aromatic carbocycles. The summed E-state index contributed by atoms with van der Waals surface area (Å²) >= 11 is 0. The lowest BCUT2D eigenvalue weighted by Gasteiger charge is -2.37. The largest absolute Gasteiger partial charge is 0.384 e. The van der Waals surface area contributed by atoms with E-state index < -0.39 is 29.7 Å². The number of anilines is 4. The van der Waals surface area contributed by atoms with Crippen LogP contribution in [0.3, 0.4) is 0 Å². The third kappa shape index (κ3) is 8.79. The highest BCUT2D eigenvalue weighted by Crippen LogP contribution is 2.33. The first kappa shape index (κ1) is 39.7. The number of urea groups is 1. The van der Waals surface area contributed by atoms with Gasteiger partial charge < -0.3 is 21.3 Å². The van der Waals surface area contributed by atoms with Gasteiger partial charge in [0.25, 0.3) is 11.8 Å². The standard InChI is InChI=1S/C45H45N9O6/c55-38(17-8-24-46-36-16-7-14-34-40(36)43(59)54(42(34)58)37-22-23-39(56)52-41(37)57)49-31-12-6-13-33(25-31)53(45(60)48-26-28-9-2-1-3-10-28)32-20-18-30(19-21-32)50-44-47-27-29-11-4-5-15-35(29)51-44/h1-7,9-16,25,27,30,32,37,46H,8,17-24,26H2,(H,48,60)(H,49,55)(H,47,50,51)(H,52,56,57). The number of hydrogen-bond acceptors (Lipinski definition) is 10. The number of rotatable bonds is 13. The van der Waals surface area contributed by atoms with Crippen LogP contribution in [0.2, 0.25) is 0 Å². The van der Waals surface area contributed by atoms with Gasteiger partial charge in [0.05, 0.1) is 16.6 Å². The van der Waals surface area contributed by atoms with Crippen molar-refractivity contribution in [2.24, 2.45) is 0 Å². The van der Waals surface area contributed by atoms with Gasteiger partial charge in [-0.25, -0.2) is 14.8 Å². The van der Waals surface area contributed by atoms with Crippen LogP contribution in [0.1, 0.15) is 77.6 Å². The maximum atomic E-state index is 14.0. The number of hydrogen-bond donors (Lipinski definition) is 5. The highest BCUT2D eigenvalue weighted by Gasteiger charge is 2.45. The van der Waals surface area contributed by atoms with E-state index in [1.165, 1.54) is 6.07 Å². The summed E-state index contributed by atoms with van der Waals surface area (Å²) in [5.41, 5.74) is 3.83. The molecule has 0 bridgehead atoms. The molecule has 1 saturated heterocycles. The molecule has 1 saturated carbocycles. The highest BCUT2D eigenvalue weighted by molar-refractivity contribution is 6.25. The fourth-order valence-electron chi connectivity index (χ4n) is 8.15. The van der Waals surface area contributed by atoms with Crippen molar-refractivity contribution in [1.82, 2.24) is 25.5 Å². The van der Waals surface area contributed by atoms with Crippen LogP contribution in [0.25, 0.3) is 10.9 Å². The van der Waals surface area contributed by atoms with Crippen molar-refractivity contribution >= 4 is 69.5 Å². The molecule has 3 heterocycles. The Hall–Kier alpha value is -7.16. The number of amides is 7. The second-order valence-corrected chi connectivity index (χ2v) is 15.2. The molecular formula is C45H45N9O6. The fraction of sp³-hybridized carbons (Fsp3) is 0.289. The van der Waals surface area contributed by atoms with Crippen molar-refractivity contribution in [3.05, 3.63) is 120 Å². The zero-order valence-electron chi connectivity index (χ0n) is 32.9. The molecule has 15 nitrogen and oxygen atoms in total. The van der Waals surface area contributed by atoms with Gasteiger partial charge >= 0.3 is 6.03 Å². The molecule has 8 rings (SSSR count). The van der Waals surface area contributed by atoms with Gasteiger partial charge in [0.1, 0.15) is 6.04 Å². The quantitative estimate of drug-likeness (QED) is 0.0696. The lowest BCUT2D eigenvalue weighted by Crippen LogP contribution is -2.54. The normalized spacial score (nSPS) is 18.7. The van der Waals surface area contributed by atoms with Gasteiger partial charge in [-0.05, 0) is 80.5 Å². The van der Waals surface area contributed by atoms with Crippen LogP contribution in [0.15, 0.2) is 103 Å². The molecule has 1 unspecified atom stereocenters. The predicted molar refractivity (Wildman–Crippen MR) is 226 cm³/mol. The van der Waals surface area contributed by atoms with E-state index in [4.69, 9.17) is 0 Å². The molecule has 15 heteroatoms. The Kier molecular flexibility index (Phi) is 11.7. The Labute approximate surface area is 346 Å². The van der Waals surface area contributed by atoms with Gasteiger partial charge in [-0.2, -0.15) is 0 Å². The molecule has 1 aliphatic carbocycles. The second kappa shape index (κ2) is 17.8. The third-order valence-electron chi connectivity index (χ3n) is 11.2. The number of piperidine rings is 1. The van der Waals surface area contributed by atoms with Crippen molar-refractivity contribution in [2.75, 3.05) is 27.4 Å². The second-order valence-electron chi connectivity index (χ2n) is 15.2. The van der Waals surface area contributed by atoms with Crippen LogP contribution in [-0.2, 0) is 20.9 Å². The highest BCUT2D eigenvalue weighted by atomic mass is 16.2. The number of benzene rings is 4. The average molecular weight is 808 g/mol. The third-order valence-corrected chi connectivity index (χ3v) is 11.2. The topological polar surface area (TPSA) is 195 Å². The zero-order valence-corrected chi connectivity index (χ0v) is 32.9. The summed E-state index contributed by atoms with van der Waals surface area (Å²) in [6, 6.07) is 28.5. The van der Waals surface area contributed by atoms with E-state index in [9.17, 15) is 28.8 Å². The van der Waals surface area contributed by atoms with Crippen LogP contribution < -0.4 is 31.5 Å². The minimum absolute atomic E-state index is 0.0345. The molecule has 60 heavy (non-hydrogen) atoms. The minimum atomic E-state index is -1.06. The summed E-state index contributed by atoms with van der Waals surface area (Å²) in [4.78, 5) is 89.9. The molecule has 7 amide bonds. The van der Waals surface area contributed by atoms with E-state index in [-0.39, 0.29) is 54.4 Å². The Bertz CT molecular complexity index is 2450. The summed E-state index contributed by atoms with van der Waals surface area (Å²) in [6.07, 6.45) is 5.59. The van der Waals surface area contributed by atoms with Gasteiger partial charge in [-0.3, -0.25) is 39.1 Å². The number of aromatic nitrogens is 2. The maximum absolute atomic E-state index is 14.0. The van der Waals surface area contributed by atoms with Crippen LogP contribution >= 0.6 is 0 Å². The molecule has 1 aromatic heterocycles. The summed E-state index contributed by atoms with van der Waals surface area (Å²) in [5.74, 6) is -1.94. The van der Waals surface area contributed by atoms with E-state index in [1.807, 2.05) is 79.0 Å². The first-order valence-corrected chi connectivity index (χ1v) is 20.3. The molecule has 2 aliphatic heterocycles. The molecule has 0 spiro atoms. The smallest absolute Gasteiger partial charge is 0.322 e. The van der Waals surface area contributed by atoms with Crippen LogP contribution in [0.4, 0.5) is 27.8 Å². The number of nitrogens with one attached hydrogen (secondary N) is 5. The van der Waals surface area contributed by atoms with Gasteiger partial charge in [-0.15, -0.1) is 0 Å². The fourth-order valence-corrected chi connectivity index (χ4v) is 8.15. The van der Waals surface area contributed by atoms with Crippen LogP contribution in [0.5, 0.6) is 0 Å². The van der Waals surface area contributed by atoms with Crippen LogP contribution in [-0.4, -0.2) is 75.1 Å². The van der Waals surface area contributed by atoms with E-state index in [2.05, 4.69) is 36.6 Å². The van der Waals surface area contributed by atoms with Gasteiger partial charge in [0, 0.05) is 66.7 Å². The Balaban J connectivity index is 0.883. The van der Waals surface area contributed by atoms with Gasteiger partial charge in [0.15, 0.2) is 0 Å². The molecule has 5 N–H and O–H groups in total. The van der Waals surface area contributed by atoms with Gasteiger partial charge in [0.2, 0.25) is 23.7 Å². The monoisotopic (exact) mass is 807 g/mol. The molecule has 1 atom stereocenters. The molecular weight excluding hydrogens is 763 g/mol. The summed E-state index contributed by atoms with van der Waals surface area (Å²) in [5, 5.41) is 15.9. The van der Waals surface area contributed by atoms with E-state index in [1.54, 1.807) is 23.1 Å². The van der Waals surface area contributed by atoms with E-state index in [0.29, 0.717) is 42.5 Å². The summed E-state index contributed by atoms with van der Waals surface area (Å²) in [6.45, 7) is 0.689. The van der Waals surface area contributed by atoms with Crippen molar-refractivity contribution in [2.45, 2.75) is 76.0 Å². The van der Waals surface area contributed by atoms with Crippen molar-refractivity contribution in [3.63, 3.8) is 0 Å². The maximum Gasteiger partial charge on any atom is 0.322 e. The van der Waals surface area contributed by atoms with Crippen molar-refractivity contribution < 1.29 is 28.8 Å². The zero-order chi connectivity index (χ0) is 41.6. The van der Waals surface area contributed by atoms with Gasteiger partial charge in [-0.1, -0.05) is 60.7 Å². The van der Waals surface area contributed by atoms with E-state index in [0.717, 1.165) is 47.0 Å². The average Bonchev–Trinajstić information content (AvgIpc) is 3.51. The summed E-state index contributed by atoms with van der Waals surface area (Å²) in [7, 11) is 0. The Morgan fingerprint density at radius 2 is 1.62 bits per heavy atom. The first-order chi connectivity index (χ1) is 29.2. The lowest BCUT2D eigenvalue weighted by molar-refractivity contribution is -0.136. The minimum Gasteiger partial charge on any atom is -0.384 e. The Morgan fingerprint density at radius 3 is 2.43 bits per heavy atom. The molecule has 0 radical (unpaired) electrons. The van der Waals surface area contributed by atoms with Crippen molar-refractivity contribution in [1.29, 1.82) is 0 Å². The summed E-state index contributed by atoms with van der Waals surface area (Å²) < 4.78 is 0. The SMILES string of the molecule is O=C1CCC(N2C(=O)c3cccc(NCCCC(=O)Nc4cccc(N(C(=O)NCc5ccccc5)C5CCC(Nc6ncc7ccccc7n6)CC5)c4)c3C2=O)C(=O)N1.